The molecule has 1 unspecified atom stereocenters. The Morgan fingerprint density at radius 2 is 1.48 bits per heavy atom. The van der Waals surface area contributed by atoms with E-state index in [-0.39, 0.29) is 49.4 Å². The van der Waals surface area contributed by atoms with Gasteiger partial charge < -0.3 is 19.7 Å². The number of halogens is 1. The van der Waals surface area contributed by atoms with Gasteiger partial charge in [0.2, 0.25) is 28.6 Å². The van der Waals surface area contributed by atoms with E-state index in [4.69, 9.17) is 9.47 Å². The third-order valence-electron chi connectivity index (χ3n) is 8.69. The van der Waals surface area contributed by atoms with Crippen molar-refractivity contribution in [1.29, 1.82) is 0 Å². The lowest BCUT2D eigenvalue weighted by atomic mass is 10.0. The summed E-state index contributed by atoms with van der Waals surface area (Å²) in [4.78, 5) is 29.8. The molecule has 1 N–H and O–H groups in total. The van der Waals surface area contributed by atoms with Crippen LogP contribution >= 0.6 is 0 Å². The maximum absolute atomic E-state index is 14.1. The maximum atomic E-state index is 14.1. The summed E-state index contributed by atoms with van der Waals surface area (Å²) in [6.07, 6.45) is 2.41. The highest BCUT2D eigenvalue weighted by atomic mass is 32.2. The summed E-state index contributed by atoms with van der Waals surface area (Å²) < 4.78 is 52.1. The van der Waals surface area contributed by atoms with Crippen molar-refractivity contribution in [1.82, 2.24) is 14.5 Å². The molecule has 0 spiro atoms. The van der Waals surface area contributed by atoms with E-state index in [2.05, 4.69) is 5.32 Å². The van der Waals surface area contributed by atoms with E-state index in [1.54, 1.807) is 47.4 Å². The summed E-state index contributed by atoms with van der Waals surface area (Å²) in [5, 5.41) is 3.01. The van der Waals surface area contributed by atoms with E-state index in [1.165, 1.54) is 16.4 Å². The number of amides is 2. The van der Waals surface area contributed by atoms with Gasteiger partial charge in [-0.15, -0.1) is 0 Å². The fraction of sp³-hybridized carbons (Fsp3) is 0.297. The second-order valence-electron chi connectivity index (χ2n) is 12.0. The summed E-state index contributed by atoms with van der Waals surface area (Å²) >= 11 is 0. The van der Waals surface area contributed by atoms with Crippen LogP contribution in [0.3, 0.4) is 0 Å². The van der Waals surface area contributed by atoms with E-state index in [9.17, 15) is 22.4 Å². The van der Waals surface area contributed by atoms with Gasteiger partial charge in [-0.05, 0) is 77.9 Å². The SMILES string of the molecule is O=C(NCc1ccc2c(c1)OCO2)C(Cc1ccccc1)N(Cc1ccc(F)cc1)C(=O)CCc1ccc(S(=O)(=O)N2CCCC2)cc1. The van der Waals surface area contributed by atoms with Crippen LogP contribution in [0.25, 0.3) is 0 Å². The fourth-order valence-electron chi connectivity index (χ4n) is 6.00. The van der Waals surface area contributed by atoms with Crippen molar-refractivity contribution in [2.75, 3.05) is 19.9 Å². The topological polar surface area (TPSA) is 105 Å². The number of carbonyl (C=O) groups is 2. The van der Waals surface area contributed by atoms with Crippen LogP contribution in [0, 0.1) is 5.82 Å². The molecule has 4 aromatic carbocycles. The molecule has 1 fully saturated rings. The monoisotopic (exact) mass is 671 g/mol. The molecule has 2 heterocycles. The Morgan fingerprint density at radius 3 is 2.21 bits per heavy atom. The molecule has 0 radical (unpaired) electrons. The van der Waals surface area contributed by atoms with Gasteiger partial charge in [0.1, 0.15) is 11.9 Å². The molecular formula is C37H38FN3O6S. The van der Waals surface area contributed by atoms with Crippen molar-refractivity contribution in [2.45, 2.75) is 56.1 Å². The lowest BCUT2D eigenvalue weighted by Crippen LogP contribution is -2.50. The van der Waals surface area contributed by atoms with Crippen LogP contribution in [0.15, 0.2) is 102 Å². The minimum atomic E-state index is -3.54. The normalized spacial score (nSPS) is 14.9. The first-order valence-corrected chi connectivity index (χ1v) is 17.5. The third kappa shape index (κ3) is 8.03. The molecule has 2 aliphatic rings. The minimum Gasteiger partial charge on any atom is -0.454 e. The second kappa shape index (κ2) is 15.0. The number of hydrogen-bond acceptors (Lipinski definition) is 6. The zero-order valence-corrected chi connectivity index (χ0v) is 27.3. The van der Waals surface area contributed by atoms with Crippen LogP contribution in [0.5, 0.6) is 11.5 Å². The van der Waals surface area contributed by atoms with Gasteiger partial charge in [0.25, 0.3) is 0 Å². The first-order chi connectivity index (χ1) is 23.3. The molecule has 1 saturated heterocycles. The van der Waals surface area contributed by atoms with Gasteiger partial charge in [0.15, 0.2) is 11.5 Å². The molecule has 2 aliphatic heterocycles. The number of carbonyl (C=O) groups excluding carboxylic acids is 2. The average Bonchev–Trinajstić information content (AvgIpc) is 3.83. The van der Waals surface area contributed by atoms with Gasteiger partial charge in [0, 0.05) is 39.0 Å². The molecule has 9 nitrogen and oxygen atoms in total. The van der Waals surface area contributed by atoms with Gasteiger partial charge >= 0.3 is 0 Å². The molecule has 250 valence electrons. The van der Waals surface area contributed by atoms with Crippen LogP contribution in [-0.4, -0.2) is 55.4 Å². The Morgan fingerprint density at radius 1 is 0.812 bits per heavy atom. The molecule has 0 aromatic heterocycles. The van der Waals surface area contributed by atoms with Gasteiger partial charge in [-0.25, -0.2) is 12.8 Å². The Bertz CT molecular complexity index is 1830. The average molecular weight is 672 g/mol. The molecule has 48 heavy (non-hydrogen) atoms. The van der Waals surface area contributed by atoms with E-state index >= 15 is 0 Å². The van der Waals surface area contributed by atoms with Crippen LogP contribution < -0.4 is 14.8 Å². The van der Waals surface area contributed by atoms with Crippen LogP contribution in [0.4, 0.5) is 4.39 Å². The molecule has 2 amide bonds. The summed E-state index contributed by atoms with van der Waals surface area (Å²) in [5.74, 6) is 0.271. The van der Waals surface area contributed by atoms with Crippen molar-refractivity contribution in [3.8, 4) is 11.5 Å². The number of fused-ring (bicyclic) bond motifs is 1. The van der Waals surface area contributed by atoms with E-state index < -0.39 is 21.9 Å². The number of sulfonamides is 1. The summed E-state index contributed by atoms with van der Waals surface area (Å²) in [6.45, 7) is 1.51. The number of rotatable bonds is 13. The highest BCUT2D eigenvalue weighted by Gasteiger charge is 2.31. The van der Waals surface area contributed by atoms with Crippen molar-refractivity contribution in [3.05, 3.63) is 125 Å². The molecule has 0 bridgehead atoms. The molecule has 4 aromatic rings. The quantitative estimate of drug-likeness (QED) is 0.209. The van der Waals surface area contributed by atoms with Gasteiger partial charge in [-0.3, -0.25) is 9.59 Å². The summed E-state index contributed by atoms with van der Waals surface area (Å²) in [5.41, 5.74) is 3.19. The minimum absolute atomic E-state index is 0.0835. The predicted molar refractivity (Wildman–Crippen MR) is 178 cm³/mol. The zero-order valence-electron chi connectivity index (χ0n) is 26.5. The number of nitrogens with zero attached hydrogens (tertiary/aromatic N) is 2. The van der Waals surface area contributed by atoms with E-state index in [0.717, 1.165) is 29.5 Å². The highest BCUT2D eigenvalue weighted by Crippen LogP contribution is 2.32. The first kappa shape index (κ1) is 33.2. The Balaban J connectivity index is 1.21. The number of nitrogens with one attached hydrogen (secondary N) is 1. The predicted octanol–water partition coefficient (Wildman–Crippen LogP) is 5.23. The maximum Gasteiger partial charge on any atom is 0.243 e. The van der Waals surface area contributed by atoms with Crippen molar-refractivity contribution < 1.29 is 31.9 Å². The number of benzene rings is 4. The smallest absolute Gasteiger partial charge is 0.243 e. The van der Waals surface area contributed by atoms with Crippen LogP contribution in [0.1, 0.15) is 41.5 Å². The largest absolute Gasteiger partial charge is 0.454 e. The standard InChI is InChI=1S/C37H38FN3O6S/c38-31-14-8-29(9-15-31)25-41(36(42)19-13-27-10-16-32(17-11-27)48(44,45)40-20-4-5-21-40)33(22-28-6-2-1-3-7-28)37(43)39-24-30-12-18-34-35(23-30)47-26-46-34/h1-3,6-12,14-18,23,33H,4-5,13,19-22,24-26H2,(H,39,43). The van der Waals surface area contributed by atoms with Crippen LogP contribution in [0.2, 0.25) is 0 Å². The summed E-state index contributed by atoms with van der Waals surface area (Å²) in [7, 11) is -3.54. The molecule has 0 saturated carbocycles. The molecule has 6 rings (SSSR count). The molecular weight excluding hydrogens is 633 g/mol. The second-order valence-corrected chi connectivity index (χ2v) is 14.0. The highest BCUT2D eigenvalue weighted by molar-refractivity contribution is 7.89. The first-order valence-electron chi connectivity index (χ1n) is 16.1. The van der Waals surface area contributed by atoms with Gasteiger partial charge in [0.05, 0.1) is 4.90 Å². The Labute approximate surface area is 280 Å². The molecule has 0 aliphatic carbocycles. The lowest BCUT2D eigenvalue weighted by molar-refractivity contribution is -0.141. The number of ether oxygens (including phenoxy) is 2. The van der Waals surface area contributed by atoms with Crippen LogP contribution in [-0.2, 0) is 45.5 Å². The third-order valence-corrected chi connectivity index (χ3v) is 10.6. The van der Waals surface area contributed by atoms with E-state index in [0.29, 0.717) is 36.6 Å². The fourth-order valence-corrected chi connectivity index (χ4v) is 7.52. The van der Waals surface area contributed by atoms with E-state index in [1.807, 2.05) is 42.5 Å². The summed E-state index contributed by atoms with van der Waals surface area (Å²) in [6, 6.07) is 26.6. The zero-order chi connectivity index (χ0) is 33.5. The van der Waals surface area contributed by atoms with Gasteiger partial charge in [-0.2, -0.15) is 4.31 Å². The van der Waals surface area contributed by atoms with Gasteiger partial charge in [-0.1, -0.05) is 60.7 Å². The molecule has 11 heteroatoms. The van der Waals surface area contributed by atoms with Crippen molar-refractivity contribution in [3.63, 3.8) is 0 Å². The Hall–Kier alpha value is -4.74. The molecule has 1 atom stereocenters. The number of hydrogen-bond donors (Lipinski definition) is 1. The van der Waals surface area contributed by atoms with Crippen molar-refractivity contribution in [2.24, 2.45) is 0 Å². The van der Waals surface area contributed by atoms with Crippen molar-refractivity contribution >= 4 is 21.8 Å². The Kier molecular flexibility index (Phi) is 10.4. The number of aryl methyl sites for hydroxylation is 1. The lowest BCUT2D eigenvalue weighted by Gasteiger charge is -2.32.